The SMILES string of the molecule is CC1CCCC1N(C(=O)OCc1ccccc1)C(C)CO. The van der Waals surface area contributed by atoms with E-state index in [4.69, 9.17) is 4.74 Å². The highest BCUT2D eigenvalue weighted by atomic mass is 16.6. The van der Waals surface area contributed by atoms with Gasteiger partial charge in [-0.2, -0.15) is 0 Å². The molecule has 0 aromatic heterocycles. The number of aliphatic hydroxyl groups is 1. The van der Waals surface area contributed by atoms with Crippen LogP contribution in [0, 0.1) is 5.92 Å². The summed E-state index contributed by atoms with van der Waals surface area (Å²) in [5.74, 6) is 0.461. The Morgan fingerprint density at radius 2 is 2.10 bits per heavy atom. The first-order valence-electron chi connectivity index (χ1n) is 7.73. The van der Waals surface area contributed by atoms with Gasteiger partial charge in [-0.3, -0.25) is 4.90 Å². The summed E-state index contributed by atoms with van der Waals surface area (Å²) in [4.78, 5) is 14.2. The minimum Gasteiger partial charge on any atom is -0.445 e. The molecule has 3 unspecified atom stereocenters. The summed E-state index contributed by atoms with van der Waals surface area (Å²) >= 11 is 0. The van der Waals surface area contributed by atoms with E-state index >= 15 is 0 Å². The van der Waals surface area contributed by atoms with E-state index in [1.54, 1.807) is 4.90 Å². The van der Waals surface area contributed by atoms with E-state index in [1.807, 2.05) is 37.3 Å². The maximum atomic E-state index is 12.4. The van der Waals surface area contributed by atoms with E-state index in [1.165, 1.54) is 0 Å². The Kier molecular flexibility index (Phi) is 5.62. The fourth-order valence-corrected chi connectivity index (χ4v) is 3.06. The van der Waals surface area contributed by atoms with Gasteiger partial charge in [0.2, 0.25) is 0 Å². The number of hydrogen-bond acceptors (Lipinski definition) is 3. The van der Waals surface area contributed by atoms with Gasteiger partial charge in [-0.1, -0.05) is 43.7 Å². The van der Waals surface area contributed by atoms with E-state index in [9.17, 15) is 9.90 Å². The summed E-state index contributed by atoms with van der Waals surface area (Å²) in [6, 6.07) is 9.63. The van der Waals surface area contributed by atoms with Gasteiger partial charge in [-0.25, -0.2) is 4.79 Å². The summed E-state index contributed by atoms with van der Waals surface area (Å²) in [6.07, 6.45) is 2.93. The third-order valence-corrected chi connectivity index (χ3v) is 4.33. The van der Waals surface area contributed by atoms with Crippen molar-refractivity contribution >= 4 is 6.09 Å². The zero-order valence-electron chi connectivity index (χ0n) is 12.9. The van der Waals surface area contributed by atoms with E-state index < -0.39 is 0 Å². The molecule has 2 rings (SSSR count). The van der Waals surface area contributed by atoms with E-state index in [0.717, 1.165) is 24.8 Å². The Morgan fingerprint density at radius 1 is 1.38 bits per heavy atom. The minimum atomic E-state index is -0.320. The monoisotopic (exact) mass is 291 g/mol. The Hall–Kier alpha value is -1.55. The van der Waals surface area contributed by atoms with Crippen LogP contribution in [-0.2, 0) is 11.3 Å². The average molecular weight is 291 g/mol. The van der Waals surface area contributed by atoms with Crippen LogP contribution in [0.4, 0.5) is 4.79 Å². The fraction of sp³-hybridized carbons (Fsp3) is 0.588. The van der Waals surface area contributed by atoms with Gasteiger partial charge in [-0.05, 0) is 31.2 Å². The number of nitrogens with zero attached hydrogens (tertiary/aromatic N) is 1. The Balaban J connectivity index is 2.00. The second kappa shape index (κ2) is 7.46. The van der Waals surface area contributed by atoms with Crippen molar-refractivity contribution in [2.75, 3.05) is 6.61 Å². The normalized spacial score (nSPS) is 22.8. The Bertz CT molecular complexity index is 449. The van der Waals surface area contributed by atoms with Crippen LogP contribution in [-0.4, -0.2) is 34.8 Å². The molecule has 4 heteroatoms. The molecule has 1 N–H and O–H groups in total. The summed E-state index contributed by atoms with van der Waals surface area (Å²) in [5, 5.41) is 9.44. The molecular formula is C17H25NO3. The lowest BCUT2D eigenvalue weighted by Crippen LogP contribution is -2.48. The van der Waals surface area contributed by atoms with Crippen LogP contribution >= 0.6 is 0 Å². The zero-order valence-corrected chi connectivity index (χ0v) is 12.9. The molecule has 1 aliphatic carbocycles. The van der Waals surface area contributed by atoms with Gasteiger partial charge >= 0.3 is 6.09 Å². The van der Waals surface area contributed by atoms with Gasteiger partial charge in [0, 0.05) is 6.04 Å². The van der Waals surface area contributed by atoms with Crippen LogP contribution < -0.4 is 0 Å². The van der Waals surface area contributed by atoms with Crippen molar-refractivity contribution < 1.29 is 14.6 Å². The second-order valence-corrected chi connectivity index (χ2v) is 5.95. The molecule has 1 aliphatic rings. The first-order chi connectivity index (χ1) is 10.1. The number of aliphatic hydroxyl groups excluding tert-OH is 1. The number of carbonyl (C=O) groups excluding carboxylic acids is 1. The molecule has 1 fully saturated rings. The summed E-state index contributed by atoms with van der Waals surface area (Å²) in [6.45, 7) is 4.27. The van der Waals surface area contributed by atoms with Gasteiger partial charge in [0.25, 0.3) is 0 Å². The zero-order chi connectivity index (χ0) is 15.2. The molecule has 0 heterocycles. The number of amides is 1. The third kappa shape index (κ3) is 3.97. The van der Waals surface area contributed by atoms with E-state index in [0.29, 0.717) is 5.92 Å². The summed E-state index contributed by atoms with van der Waals surface area (Å²) in [7, 11) is 0. The predicted octanol–water partition coefficient (Wildman–Crippen LogP) is 3.19. The summed E-state index contributed by atoms with van der Waals surface area (Å²) in [5.41, 5.74) is 0.974. The number of ether oxygens (including phenoxy) is 1. The number of hydrogen-bond donors (Lipinski definition) is 1. The van der Waals surface area contributed by atoms with Gasteiger partial charge in [0.15, 0.2) is 0 Å². The topological polar surface area (TPSA) is 49.8 Å². The largest absolute Gasteiger partial charge is 0.445 e. The molecule has 1 saturated carbocycles. The molecule has 1 aromatic rings. The fourth-order valence-electron chi connectivity index (χ4n) is 3.06. The van der Waals surface area contributed by atoms with Crippen LogP contribution in [0.25, 0.3) is 0 Å². The molecule has 4 nitrogen and oxygen atoms in total. The smallest absolute Gasteiger partial charge is 0.410 e. The Labute approximate surface area is 126 Å². The first kappa shape index (κ1) is 15.8. The van der Waals surface area contributed by atoms with Crippen LogP contribution in [0.5, 0.6) is 0 Å². The molecule has 1 aromatic carbocycles. The lowest BCUT2D eigenvalue weighted by molar-refractivity contribution is 0.0412. The molecule has 116 valence electrons. The van der Waals surface area contributed by atoms with Crippen LogP contribution in [0.15, 0.2) is 30.3 Å². The van der Waals surface area contributed by atoms with Crippen molar-refractivity contribution in [2.45, 2.75) is 51.8 Å². The van der Waals surface area contributed by atoms with Crippen molar-refractivity contribution in [3.63, 3.8) is 0 Å². The lowest BCUT2D eigenvalue weighted by Gasteiger charge is -2.35. The molecule has 0 spiro atoms. The van der Waals surface area contributed by atoms with Gasteiger partial charge < -0.3 is 9.84 Å². The van der Waals surface area contributed by atoms with Crippen molar-refractivity contribution in [2.24, 2.45) is 5.92 Å². The van der Waals surface area contributed by atoms with Crippen LogP contribution in [0.2, 0.25) is 0 Å². The highest BCUT2D eigenvalue weighted by Gasteiger charge is 2.35. The molecule has 1 amide bonds. The molecule has 21 heavy (non-hydrogen) atoms. The molecule has 3 atom stereocenters. The van der Waals surface area contributed by atoms with E-state index in [-0.39, 0.29) is 31.4 Å². The van der Waals surface area contributed by atoms with Gasteiger partial charge in [0.1, 0.15) is 6.61 Å². The molecule has 0 radical (unpaired) electrons. The third-order valence-electron chi connectivity index (χ3n) is 4.33. The van der Waals surface area contributed by atoms with Crippen molar-refractivity contribution in [3.05, 3.63) is 35.9 Å². The van der Waals surface area contributed by atoms with Crippen molar-refractivity contribution in [3.8, 4) is 0 Å². The molecular weight excluding hydrogens is 266 g/mol. The molecule has 0 saturated heterocycles. The average Bonchev–Trinajstić information content (AvgIpc) is 2.92. The lowest BCUT2D eigenvalue weighted by atomic mass is 10.0. The maximum absolute atomic E-state index is 12.4. The molecule has 0 bridgehead atoms. The first-order valence-corrected chi connectivity index (χ1v) is 7.73. The number of carbonyl (C=O) groups is 1. The summed E-state index contributed by atoms with van der Waals surface area (Å²) < 4.78 is 5.45. The highest BCUT2D eigenvalue weighted by Crippen LogP contribution is 2.31. The molecule has 0 aliphatic heterocycles. The standard InChI is InChI=1S/C17H25NO3/c1-13-7-6-10-16(13)18(14(2)11-19)17(20)21-12-15-8-4-3-5-9-15/h3-5,8-9,13-14,16,19H,6-7,10-12H2,1-2H3. The Morgan fingerprint density at radius 3 is 2.67 bits per heavy atom. The van der Waals surface area contributed by atoms with Gasteiger partial charge in [-0.15, -0.1) is 0 Å². The highest BCUT2D eigenvalue weighted by molar-refractivity contribution is 5.68. The van der Waals surface area contributed by atoms with E-state index in [2.05, 4.69) is 6.92 Å². The minimum absolute atomic E-state index is 0.0380. The van der Waals surface area contributed by atoms with Crippen LogP contribution in [0.1, 0.15) is 38.7 Å². The second-order valence-electron chi connectivity index (χ2n) is 5.95. The van der Waals surface area contributed by atoms with Crippen molar-refractivity contribution in [1.82, 2.24) is 4.90 Å². The van der Waals surface area contributed by atoms with Crippen LogP contribution in [0.3, 0.4) is 0 Å². The number of benzene rings is 1. The van der Waals surface area contributed by atoms with Gasteiger partial charge in [0.05, 0.1) is 12.6 Å². The predicted molar refractivity (Wildman–Crippen MR) is 81.8 cm³/mol. The van der Waals surface area contributed by atoms with Crippen molar-refractivity contribution in [1.29, 1.82) is 0 Å². The number of rotatable bonds is 5. The quantitative estimate of drug-likeness (QED) is 0.906. The maximum Gasteiger partial charge on any atom is 0.410 e.